The molecular weight excluding hydrogens is 361 g/mol. The van der Waals surface area contributed by atoms with E-state index < -0.39 is 24.4 Å². The highest BCUT2D eigenvalue weighted by molar-refractivity contribution is 5.79. The number of hydrogen-bond acceptors (Lipinski definition) is 5. The molecule has 6 nitrogen and oxygen atoms in total. The molecule has 0 unspecified atom stereocenters. The molecule has 2 heterocycles. The molecular formula is C15H12F5N5O. The quantitative estimate of drug-likeness (QED) is 0.711. The number of fused-ring (bicyclic) bond motifs is 1. The van der Waals surface area contributed by atoms with Gasteiger partial charge in [0.25, 0.3) is 5.78 Å². The molecule has 0 aliphatic carbocycles. The molecule has 138 valence electrons. The minimum atomic E-state index is -4.54. The largest absolute Gasteiger partial charge is 0.494 e. The van der Waals surface area contributed by atoms with Crippen molar-refractivity contribution in [1.82, 2.24) is 19.6 Å². The Morgan fingerprint density at radius 1 is 1.19 bits per heavy atom. The van der Waals surface area contributed by atoms with Gasteiger partial charge in [0, 0.05) is 17.2 Å². The smallest absolute Gasteiger partial charge is 0.405 e. The lowest BCUT2D eigenvalue weighted by molar-refractivity contribution is -0.115. The average Bonchev–Trinajstić information content (AvgIpc) is 3.01. The third kappa shape index (κ3) is 3.24. The van der Waals surface area contributed by atoms with Crippen LogP contribution in [0.4, 0.5) is 27.8 Å². The number of nitrogens with one attached hydrogen (secondary N) is 1. The molecule has 0 aliphatic rings. The second-order valence-electron chi connectivity index (χ2n) is 5.33. The van der Waals surface area contributed by atoms with Crippen molar-refractivity contribution in [3.63, 3.8) is 0 Å². The Morgan fingerprint density at radius 2 is 1.92 bits per heavy atom. The van der Waals surface area contributed by atoms with Crippen molar-refractivity contribution in [3.8, 4) is 16.9 Å². The molecule has 0 aliphatic heterocycles. The lowest BCUT2D eigenvalue weighted by atomic mass is 10.0. The van der Waals surface area contributed by atoms with Gasteiger partial charge in [0.1, 0.15) is 24.5 Å². The normalized spacial score (nSPS) is 11.8. The molecule has 1 aromatic carbocycles. The lowest BCUT2D eigenvalue weighted by Crippen LogP contribution is -2.23. The maximum absolute atomic E-state index is 14.5. The number of nitrogens with zero attached hydrogens (tertiary/aromatic N) is 4. The molecule has 0 saturated heterocycles. The number of anilines is 1. The van der Waals surface area contributed by atoms with E-state index >= 15 is 0 Å². The predicted octanol–water partition coefficient (Wildman–Crippen LogP) is 3.36. The number of alkyl halides is 3. The minimum absolute atomic E-state index is 0.0188. The second kappa shape index (κ2) is 6.39. The molecule has 1 N–H and O–H groups in total. The van der Waals surface area contributed by atoms with E-state index in [9.17, 15) is 22.0 Å². The topological polar surface area (TPSA) is 64.3 Å². The first-order valence-electron chi connectivity index (χ1n) is 7.25. The van der Waals surface area contributed by atoms with Gasteiger partial charge in [-0.2, -0.15) is 27.8 Å². The molecule has 0 radical (unpaired) electrons. The first kappa shape index (κ1) is 17.8. The highest BCUT2D eigenvalue weighted by Crippen LogP contribution is 2.35. The second-order valence-corrected chi connectivity index (χ2v) is 5.33. The van der Waals surface area contributed by atoms with Gasteiger partial charge in [0.15, 0.2) is 11.6 Å². The number of aromatic nitrogens is 4. The summed E-state index contributed by atoms with van der Waals surface area (Å²) in [7, 11) is 1.17. The Labute approximate surface area is 143 Å². The fourth-order valence-electron chi connectivity index (χ4n) is 2.50. The number of halogens is 5. The standard InChI is InChI=1S/C15H12F5N5O/c1-7-12(8-3-10(17)11(26-2)4-9(8)16)13(21-5-15(18,19)20)25-14(24-7)22-6-23-25/h3-4,6,21H,5H2,1-2H3. The van der Waals surface area contributed by atoms with Crippen molar-refractivity contribution in [2.45, 2.75) is 13.1 Å². The van der Waals surface area contributed by atoms with Crippen molar-refractivity contribution in [3.05, 3.63) is 35.8 Å². The molecule has 2 aromatic heterocycles. The van der Waals surface area contributed by atoms with Crippen molar-refractivity contribution >= 4 is 11.6 Å². The van der Waals surface area contributed by atoms with Gasteiger partial charge in [0.05, 0.1) is 12.8 Å². The van der Waals surface area contributed by atoms with Crippen LogP contribution in [-0.4, -0.2) is 39.4 Å². The lowest BCUT2D eigenvalue weighted by Gasteiger charge is -2.17. The first-order valence-corrected chi connectivity index (χ1v) is 7.25. The van der Waals surface area contributed by atoms with Crippen LogP contribution < -0.4 is 10.1 Å². The van der Waals surface area contributed by atoms with E-state index in [0.717, 1.165) is 23.0 Å². The summed E-state index contributed by atoms with van der Waals surface area (Å²) in [4.78, 5) is 7.90. The highest BCUT2D eigenvalue weighted by atomic mass is 19.4. The minimum Gasteiger partial charge on any atom is -0.494 e. The molecule has 11 heteroatoms. The van der Waals surface area contributed by atoms with E-state index in [4.69, 9.17) is 4.74 Å². The van der Waals surface area contributed by atoms with Gasteiger partial charge in [-0.3, -0.25) is 0 Å². The monoisotopic (exact) mass is 373 g/mol. The van der Waals surface area contributed by atoms with Crippen LogP contribution in [0.15, 0.2) is 18.5 Å². The number of aryl methyl sites for hydroxylation is 1. The molecule has 0 atom stereocenters. The molecule has 3 rings (SSSR count). The fraction of sp³-hybridized carbons (Fsp3) is 0.267. The van der Waals surface area contributed by atoms with Gasteiger partial charge in [-0.05, 0) is 13.0 Å². The van der Waals surface area contributed by atoms with Gasteiger partial charge < -0.3 is 10.1 Å². The Kier molecular flexibility index (Phi) is 4.38. The number of benzene rings is 1. The summed E-state index contributed by atoms with van der Waals surface area (Å²) < 4.78 is 72.3. The van der Waals surface area contributed by atoms with Crippen LogP contribution in [0, 0.1) is 18.6 Å². The number of methoxy groups -OCH3 is 1. The zero-order chi connectivity index (χ0) is 19.1. The molecule has 0 saturated carbocycles. The molecule has 26 heavy (non-hydrogen) atoms. The van der Waals surface area contributed by atoms with Crippen LogP contribution in [0.25, 0.3) is 16.9 Å². The van der Waals surface area contributed by atoms with Gasteiger partial charge in [0.2, 0.25) is 0 Å². The van der Waals surface area contributed by atoms with Crippen molar-refractivity contribution in [2.75, 3.05) is 19.0 Å². The van der Waals surface area contributed by atoms with Gasteiger partial charge in [-0.25, -0.2) is 13.8 Å². The zero-order valence-electron chi connectivity index (χ0n) is 13.5. The summed E-state index contributed by atoms with van der Waals surface area (Å²) in [6.45, 7) is 0.0447. The molecule has 0 bridgehead atoms. The van der Waals surface area contributed by atoms with E-state index in [1.807, 2.05) is 0 Å². The molecule has 3 aromatic rings. The molecule has 0 amide bonds. The number of hydrogen-bond donors (Lipinski definition) is 1. The summed E-state index contributed by atoms with van der Waals surface area (Å²) in [6.07, 6.45) is -3.44. The highest BCUT2D eigenvalue weighted by Gasteiger charge is 2.29. The van der Waals surface area contributed by atoms with E-state index in [-0.39, 0.29) is 34.2 Å². The van der Waals surface area contributed by atoms with Crippen LogP contribution in [0.1, 0.15) is 5.69 Å². The van der Waals surface area contributed by atoms with Gasteiger partial charge in [-0.15, -0.1) is 0 Å². The van der Waals surface area contributed by atoms with Crippen molar-refractivity contribution in [1.29, 1.82) is 0 Å². The third-order valence-corrected chi connectivity index (χ3v) is 3.57. The molecule has 0 fully saturated rings. The maximum atomic E-state index is 14.5. The van der Waals surface area contributed by atoms with E-state index in [2.05, 4.69) is 20.4 Å². The summed E-state index contributed by atoms with van der Waals surface area (Å²) in [5.74, 6) is -2.27. The number of rotatable bonds is 4. The van der Waals surface area contributed by atoms with Gasteiger partial charge >= 0.3 is 6.18 Å². The van der Waals surface area contributed by atoms with E-state index in [0.29, 0.717) is 0 Å². The first-order chi connectivity index (χ1) is 12.2. The van der Waals surface area contributed by atoms with Crippen LogP contribution in [-0.2, 0) is 0 Å². The van der Waals surface area contributed by atoms with Crippen molar-refractivity contribution < 1.29 is 26.7 Å². The predicted molar refractivity (Wildman–Crippen MR) is 82.0 cm³/mol. The Morgan fingerprint density at radius 3 is 2.58 bits per heavy atom. The molecule has 0 spiro atoms. The number of ether oxygens (including phenoxy) is 1. The summed E-state index contributed by atoms with van der Waals surface area (Å²) in [5.41, 5.74) is -0.194. The third-order valence-electron chi connectivity index (χ3n) is 3.57. The summed E-state index contributed by atoms with van der Waals surface area (Å²) in [6, 6.07) is 1.64. The fourth-order valence-corrected chi connectivity index (χ4v) is 2.50. The van der Waals surface area contributed by atoms with Gasteiger partial charge in [-0.1, -0.05) is 0 Å². The summed E-state index contributed by atoms with van der Waals surface area (Å²) in [5, 5.41) is 5.98. The summed E-state index contributed by atoms with van der Waals surface area (Å²) >= 11 is 0. The maximum Gasteiger partial charge on any atom is 0.405 e. The van der Waals surface area contributed by atoms with E-state index in [1.54, 1.807) is 0 Å². The van der Waals surface area contributed by atoms with Crippen LogP contribution in [0.5, 0.6) is 5.75 Å². The van der Waals surface area contributed by atoms with Crippen LogP contribution in [0.3, 0.4) is 0 Å². The van der Waals surface area contributed by atoms with E-state index in [1.165, 1.54) is 14.0 Å². The van der Waals surface area contributed by atoms with Crippen LogP contribution >= 0.6 is 0 Å². The Hall–Kier alpha value is -2.98. The Bertz CT molecular complexity index is 969. The SMILES string of the molecule is COc1cc(F)c(-c2c(C)nc3ncnn3c2NCC(F)(F)F)cc1F. The zero-order valence-corrected chi connectivity index (χ0v) is 13.5. The average molecular weight is 373 g/mol. The van der Waals surface area contributed by atoms with Crippen molar-refractivity contribution in [2.24, 2.45) is 0 Å². The van der Waals surface area contributed by atoms with Crippen LogP contribution in [0.2, 0.25) is 0 Å². The Balaban J connectivity index is 2.25.